The van der Waals surface area contributed by atoms with Crippen molar-refractivity contribution >= 4 is 69.8 Å². The Hall–Kier alpha value is -7.47. The Morgan fingerprint density at radius 1 is 0.644 bits per heavy atom. The van der Waals surface area contributed by atoms with Gasteiger partial charge in [0.15, 0.2) is 6.10 Å². The van der Waals surface area contributed by atoms with Gasteiger partial charge in [0.25, 0.3) is 11.8 Å². The standard InChI is InChI=1S/C24H23ClFN3O7.C21H19ClFN3O6.C3H5ClO/c1-3-22(30)35-20(24(32)33)13-29(27-23(31)19-11-21(34-2)28-36-19)12-14-4-6-15(7-5-14)17-10-16(25)8-9-18(17)26;1-31-19-9-18(32-25-19)20(28)24-26(11-17(27)21(29)30)10-12-2-4-13(5-3-12)15-8-14(22)6-7-16(15)23;1-2-3(4)5/h4-11,20H,3,12-13H2,1-2H3,(H,27,31)(H,32,33);2-9,17,27H,10-11H2,1H3,(H,24,28)(H,29,30);2H2,1H3/t20-;17-;/m11./s1. The molecular formula is C48H47Cl3F2N6O14. The van der Waals surface area contributed by atoms with E-state index < -0.39 is 60.1 Å². The first kappa shape index (κ1) is 58.1. The largest absolute Gasteiger partial charge is 0.479 e. The number of aliphatic hydroxyl groups excluding tert-OH is 1. The summed E-state index contributed by atoms with van der Waals surface area (Å²) in [6.07, 6.45) is -2.89. The van der Waals surface area contributed by atoms with Gasteiger partial charge in [-0.05, 0) is 80.6 Å². The van der Waals surface area contributed by atoms with Crippen molar-refractivity contribution in [2.75, 3.05) is 27.3 Å². The van der Waals surface area contributed by atoms with Crippen molar-refractivity contribution in [3.63, 3.8) is 0 Å². The zero-order valence-electron chi connectivity index (χ0n) is 39.1. The highest BCUT2D eigenvalue weighted by Gasteiger charge is 2.28. The second kappa shape index (κ2) is 28.5. The van der Waals surface area contributed by atoms with Crippen LogP contribution in [0.1, 0.15) is 58.9 Å². The second-order valence-corrected chi connectivity index (χ2v) is 16.3. The summed E-state index contributed by atoms with van der Waals surface area (Å²) in [6.45, 7) is 2.53. The summed E-state index contributed by atoms with van der Waals surface area (Å²) in [5, 5.41) is 38.3. The number of ether oxygens (including phenoxy) is 3. The Balaban J connectivity index is 0.000000291. The van der Waals surface area contributed by atoms with Crippen molar-refractivity contribution in [3.05, 3.63) is 141 Å². The number of aliphatic carboxylic acids is 2. The first-order valence-corrected chi connectivity index (χ1v) is 22.6. The Bertz CT molecular complexity index is 2830. The lowest BCUT2D eigenvalue weighted by Crippen LogP contribution is -2.48. The second-order valence-electron chi connectivity index (χ2n) is 15.0. The number of hydrogen-bond donors (Lipinski definition) is 5. The van der Waals surface area contributed by atoms with Crippen LogP contribution in [0, 0.1) is 11.6 Å². The van der Waals surface area contributed by atoms with Gasteiger partial charge in [-0.2, -0.15) is 0 Å². The molecule has 0 unspecified atom stereocenters. The average molecular weight is 1080 g/mol. The molecule has 0 aliphatic heterocycles. The van der Waals surface area contributed by atoms with Gasteiger partial charge in [-0.3, -0.25) is 30.0 Å². The van der Waals surface area contributed by atoms with Gasteiger partial charge in [0.05, 0.1) is 39.4 Å². The molecule has 0 fully saturated rings. The zero-order valence-corrected chi connectivity index (χ0v) is 41.4. The van der Waals surface area contributed by atoms with E-state index in [9.17, 15) is 47.8 Å². The van der Waals surface area contributed by atoms with Gasteiger partial charge in [-0.1, -0.05) is 85.6 Å². The SMILES string of the molecule is CCC(=O)Cl.CCC(=O)O[C@H](CN(Cc1ccc(-c2cc(Cl)ccc2F)cc1)NC(=O)c1cc(OC)no1)C(=O)O.COc1cc(C(=O)NN(Cc2ccc(-c3cc(Cl)ccc3F)cc2)C[C@@H](O)C(=O)O)on1. The summed E-state index contributed by atoms with van der Waals surface area (Å²) in [4.78, 5) is 69.1. The Labute approximate surface area is 430 Å². The monoisotopic (exact) mass is 1070 g/mol. The molecule has 2 amide bonds. The number of nitrogens with one attached hydrogen (secondary N) is 2. The molecule has 0 saturated carbocycles. The number of carbonyl (C=O) groups is 6. The number of aromatic nitrogens is 2. The molecule has 20 nitrogen and oxygen atoms in total. The van der Waals surface area contributed by atoms with E-state index in [4.69, 9.17) is 63.2 Å². The highest BCUT2D eigenvalue weighted by atomic mass is 35.5. The fourth-order valence-electron chi connectivity index (χ4n) is 5.97. The third-order valence-corrected chi connectivity index (χ3v) is 10.4. The van der Waals surface area contributed by atoms with Gasteiger partial charge in [0, 0.05) is 47.1 Å². The molecule has 5 N–H and O–H groups in total. The van der Waals surface area contributed by atoms with Gasteiger partial charge in [-0.15, -0.1) is 0 Å². The first-order chi connectivity index (χ1) is 34.7. The van der Waals surface area contributed by atoms with Crippen LogP contribution in [0.15, 0.2) is 106 Å². The summed E-state index contributed by atoms with van der Waals surface area (Å²) < 4.78 is 52.9. The van der Waals surface area contributed by atoms with Crippen LogP contribution in [0.3, 0.4) is 0 Å². The minimum absolute atomic E-state index is 0.0166. The molecule has 0 radical (unpaired) electrons. The summed E-state index contributed by atoms with van der Waals surface area (Å²) in [5.74, 6) is -6.02. The number of benzene rings is 4. The van der Waals surface area contributed by atoms with Crippen LogP contribution in [0.5, 0.6) is 11.8 Å². The Morgan fingerprint density at radius 3 is 1.40 bits per heavy atom. The first-order valence-electron chi connectivity index (χ1n) is 21.5. The molecule has 2 atom stereocenters. The number of esters is 1. The quantitative estimate of drug-likeness (QED) is 0.0264. The third-order valence-electron chi connectivity index (χ3n) is 9.68. The molecule has 2 aromatic heterocycles. The average Bonchev–Trinajstić information content (AvgIpc) is 4.07. The molecule has 388 valence electrons. The van der Waals surface area contributed by atoms with Gasteiger partial charge in [0.1, 0.15) is 11.6 Å². The Morgan fingerprint density at radius 2 is 1.05 bits per heavy atom. The van der Waals surface area contributed by atoms with Crippen LogP contribution in [0.25, 0.3) is 22.3 Å². The fourth-order valence-corrected chi connectivity index (χ4v) is 6.32. The lowest BCUT2D eigenvalue weighted by Gasteiger charge is -2.25. The maximum atomic E-state index is 14.2. The zero-order chi connectivity index (χ0) is 53.8. The van der Waals surface area contributed by atoms with E-state index in [-0.39, 0.29) is 54.6 Å². The van der Waals surface area contributed by atoms with E-state index in [2.05, 4.69) is 21.2 Å². The number of carbonyl (C=O) groups excluding carboxylic acids is 4. The number of rotatable bonds is 21. The molecule has 73 heavy (non-hydrogen) atoms. The van der Waals surface area contributed by atoms with Crippen molar-refractivity contribution < 1.29 is 76.1 Å². The lowest BCUT2D eigenvalue weighted by molar-refractivity contribution is -0.165. The molecule has 6 aromatic rings. The van der Waals surface area contributed by atoms with Crippen LogP contribution < -0.4 is 20.3 Å². The summed E-state index contributed by atoms with van der Waals surface area (Å²) in [7, 11) is 2.71. The van der Waals surface area contributed by atoms with E-state index in [0.717, 1.165) is 0 Å². The number of amides is 2. The van der Waals surface area contributed by atoms with E-state index >= 15 is 0 Å². The van der Waals surface area contributed by atoms with Crippen molar-refractivity contribution in [1.29, 1.82) is 0 Å². The molecule has 0 aliphatic rings. The topological polar surface area (TPSA) is 273 Å². The van der Waals surface area contributed by atoms with Crippen LogP contribution >= 0.6 is 34.8 Å². The molecule has 0 aliphatic carbocycles. The van der Waals surface area contributed by atoms with Crippen molar-refractivity contribution in [2.24, 2.45) is 0 Å². The van der Waals surface area contributed by atoms with Crippen molar-refractivity contribution in [1.82, 2.24) is 31.2 Å². The van der Waals surface area contributed by atoms with Crippen LogP contribution in [0.4, 0.5) is 8.78 Å². The molecule has 0 spiro atoms. The van der Waals surface area contributed by atoms with E-state index in [1.54, 1.807) is 55.5 Å². The van der Waals surface area contributed by atoms with Gasteiger partial charge < -0.3 is 38.6 Å². The van der Waals surface area contributed by atoms with Gasteiger partial charge >= 0.3 is 29.7 Å². The molecule has 0 saturated heterocycles. The summed E-state index contributed by atoms with van der Waals surface area (Å²) in [5.41, 5.74) is 8.11. The normalized spacial score (nSPS) is 11.5. The van der Waals surface area contributed by atoms with E-state index in [1.807, 2.05) is 0 Å². The number of hydrogen-bond acceptors (Lipinski definition) is 16. The van der Waals surface area contributed by atoms with E-state index in [0.29, 0.717) is 49.8 Å². The highest BCUT2D eigenvalue weighted by molar-refractivity contribution is 6.63. The minimum atomic E-state index is -1.75. The number of halogens is 5. The smallest absolute Gasteiger partial charge is 0.346 e. The number of carboxylic acid groups (broad SMARTS) is 2. The minimum Gasteiger partial charge on any atom is -0.479 e. The summed E-state index contributed by atoms with van der Waals surface area (Å²) >= 11 is 16.7. The lowest BCUT2D eigenvalue weighted by atomic mass is 10.0. The van der Waals surface area contributed by atoms with Crippen LogP contribution in [-0.2, 0) is 37.0 Å². The maximum absolute atomic E-state index is 14.2. The molecule has 0 bridgehead atoms. The predicted octanol–water partition coefficient (Wildman–Crippen LogP) is 7.59. The highest BCUT2D eigenvalue weighted by Crippen LogP contribution is 2.28. The van der Waals surface area contributed by atoms with Gasteiger partial charge in [-0.25, -0.2) is 28.4 Å². The van der Waals surface area contributed by atoms with Crippen molar-refractivity contribution in [2.45, 2.75) is 52.0 Å². The summed E-state index contributed by atoms with van der Waals surface area (Å²) in [6, 6.07) is 24.3. The van der Waals surface area contributed by atoms with Gasteiger partial charge in [0.2, 0.25) is 22.9 Å². The number of methoxy groups -OCH3 is 2. The van der Waals surface area contributed by atoms with E-state index in [1.165, 1.54) is 79.7 Å². The maximum Gasteiger partial charge on any atom is 0.346 e. The molecule has 2 heterocycles. The van der Waals surface area contributed by atoms with Crippen LogP contribution in [0.2, 0.25) is 10.0 Å². The van der Waals surface area contributed by atoms with Crippen molar-refractivity contribution in [3.8, 4) is 34.0 Å². The fraction of sp³-hybridized carbons (Fsp3) is 0.250. The molecule has 6 rings (SSSR count). The number of aliphatic hydroxyl groups is 1. The predicted molar refractivity (Wildman–Crippen MR) is 258 cm³/mol. The Kier molecular flexibility index (Phi) is 22.7. The third kappa shape index (κ3) is 18.6. The number of carboxylic acids is 2. The number of hydrazine groups is 2. The van der Waals surface area contributed by atoms with Crippen LogP contribution in [-0.4, -0.2) is 110 Å². The molecule has 4 aromatic carbocycles. The molecule has 25 heteroatoms. The molecular weight excluding hydrogens is 1030 g/mol. The number of nitrogens with zero attached hydrogens (tertiary/aromatic N) is 4.